The molecule has 2 aromatic carbocycles. The normalized spacial score (nSPS) is 14.4. The Bertz CT molecular complexity index is 803. The second kappa shape index (κ2) is 8.98. The van der Waals surface area contributed by atoms with Gasteiger partial charge in [-0.3, -0.25) is 9.59 Å². The summed E-state index contributed by atoms with van der Waals surface area (Å²) in [5.41, 5.74) is 1.17. The van der Waals surface area contributed by atoms with Crippen molar-refractivity contribution in [1.29, 1.82) is 0 Å². The number of esters is 1. The first-order chi connectivity index (χ1) is 13.1. The third kappa shape index (κ3) is 5.41. The predicted molar refractivity (Wildman–Crippen MR) is 102 cm³/mol. The molecule has 6 nitrogen and oxygen atoms in total. The van der Waals surface area contributed by atoms with Gasteiger partial charge in [0, 0.05) is 24.2 Å². The van der Waals surface area contributed by atoms with E-state index in [4.69, 9.17) is 4.74 Å². The minimum absolute atomic E-state index is 0.00317. The minimum atomic E-state index is -0.466. The molecule has 0 radical (unpaired) electrons. The number of benzene rings is 2. The van der Waals surface area contributed by atoms with Crippen LogP contribution in [0.3, 0.4) is 0 Å². The van der Waals surface area contributed by atoms with Crippen LogP contribution in [-0.2, 0) is 9.59 Å². The number of carbonyl (C=O) groups is 3. The number of carbonyl (C=O) groups excluding carboxylic acids is 3. The van der Waals surface area contributed by atoms with Crippen LogP contribution in [0.2, 0.25) is 0 Å². The maximum atomic E-state index is 12.1. The summed E-state index contributed by atoms with van der Waals surface area (Å²) in [6.07, 6.45) is 3.28. The van der Waals surface area contributed by atoms with Gasteiger partial charge in [0.1, 0.15) is 12.3 Å². The second-order valence-electron chi connectivity index (χ2n) is 6.44. The van der Waals surface area contributed by atoms with Crippen molar-refractivity contribution in [1.82, 2.24) is 4.90 Å². The molecule has 0 bridgehead atoms. The predicted octanol–water partition coefficient (Wildman–Crippen LogP) is 3.25. The van der Waals surface area contributed by atoms with Gasteiger partial charge in [-0.15, -0.1) is 0 Å². The topological polar surface area (TPSA) is 75.7 Å². The van der Waals surface area contributed by atoms with Crippen LogP contribution in [0.15, 0.2) is 54.6 Å². The lowest BCUT2D eigenvalue weighted by molar-refractivity contribution is -0.142. The molecule has 0 saturated carbocycles. The lowest BCUT2D eigenvalue weighted by Crippen LogP contribution is -2.36. The zero-order valence-electron chi connectivity index (χ0n) is 15.0. The molecule has 2 amide bonds. The standard InChI is InChI=1S/C21H22N2O4/c24-19-9-5-2-6-14-23(19)15-20(25)27-18-12-10-17(11-13-18)22-21(26)16-7-3-1-4-8-16/h1,3-4,7-8,10-13H,2,5-6,9,14-15H2,(H,22,26). The summed E-state index contributed by atoms with van der Waals surface area (Å²) >= 11 is 0. The molecule has 2 aromatic rings. The molecule has 1 fully saturated rings. The van der Waals surface area contributed by atoms with Crippen LogP contribution in [0.25, 0.3) is 0 Å². The highest BCUT2D eigenvalue weighted by molar-refractivity contribution is 6.04. The molecule has 0 unspecified atom stereocenters. The number of nitrogens with one attached hydrogen (secondary N) is 1. The Morgan fingerprint density at radius 1 is 0.963 bits per heavy atom. The van der Waals surface area contributed by atoms with Crippen LogP contribution in [0.5, 0.6) is 5.75 Å². The fourth-order valence-electron chi connectivity index (χ4n) is 2.92. The first kappa shape index (κ1) is 18.6. The summed E-state index contributed by atoms with van der Waals surface area (Å²) in [6, 6.07) is 15.5. The summed E-state index contributed by atoms with van der Waals surface area (Å²) in [4.78, 5) is 37.7. The minimum Gasteiger partial charge on any atom is -0.425 e. The van der Waals surface area contributed by atoms with Gasteiger partial charge in [0.25, 0.3) is 5.91 Å². The molecule has 1 aliphatic rings. The molecule has 0 atom stereocenters. The van der Waals surface area contributed by atoms with E-state index < -0.39 is 5.97 Å². The van der Waals surface area contributed by atoms with Crippen LogP contribution >= 0.6 is 0 Å². The molecule has 6 heteroatoms. The van der Waals surface area contributed by atoms with Crippen LogP contribution < -0.4 is 10.1 Å². The number of ether oxygens (including phenoxy) is 1. The fraction of sp³-hybridized carbons (Fsp3) is 0.286. The Hall–Kier alpha value is -3.15. The average molecular weight is 366 g/mol. The smallest absolute Gasteiger partial charge is 0.331 e. The summed E-state index contributed by atoms with van der Waals surface area (Å²) in [7, 11) is 0. The van der Waals surface area contributed by atoms with E-state index in [1.807, 2.05) is 6.07 Å². The van der Waals surface area contributed by atoms with E-state index >= 15 is 0 Å². The highest BCUT2D eigenvalue weighted by atomic mass is 16.5. The first-order valence-corrected chi connectivity index (χ1v) is 9.07. The average Bonchev–Trinajstić information content (AvgIpc) is 2.88. The van der Waals surface area contributed by atoms with Crippen LogP contribution in [0.1, 0.15) is 36.0 Å². The van der Waals surface area contributed by atoms with E-state index in [2.05, 4.69) is 5.32 Å². The molecule has 0 aliphatic carbocycles. The fourth-order valence-corrected chi connectivity index (χ4v) is 2.92. The molecule has 1 saturated heterocycles. The number of likely N-dealkylation sites (tertiary alicyclic amines) is 1. The summed E-state index contributed by atoms with van der Waals surface area (Å²) in [5.74, 6) is -0.297. The Labute approximate surface area is 158 Å². The first-order valence-electron chi connectivity index (χ1n) is 9.07. The number of nitrogens with zero attached hydrogens (tertiary/aromatic N) is 1. The van der Waals surface area contributed by atoms with Gasteiger partial charge in [0.15, 0.2) is 0 Å². The molecule has 0 spiro atoms. The van der Waals surface area contributed by atoms with E-state index in [0.717, 1.165) is 19.3 Å². The van der Waals surface area contributed by atoms with Gasteiger partial charge in [0.05, 0.1) is 0 Å². The Morgan fingerprint density at radius 3 is 2.44 bits per heavy atom. The second-order valence-corrected chi connectivity index (χ2v) is 6.44. The molecule has 1 N–H and O–H groups in total. The van der Waals surface area contributed by atoms with Gasteiger partial charge < -0.3 is 15.0 Å². The Kier molecular flexibility index (Phi) is 6.20. The van der Waals surface area contributed by atoms with Crippen molar-refractivity contribution in [3.63, 3.8) is 0 Å². The van der Waals surface area contributed by atoms with Crippen molar-refractivity contribution < 1.29 is 19.1 Å². The van der Waals surface area contributed by atoms with Crippen molar-refractivity contribution in [2.75, 3.05) is 18.4 Å². The lowest BCUT2D eigenvalue weighted by Gasteiger charge is -2.19. The third-order valence-electron chi connectivity index (χ3n) is 4.37. The van der Waals surface area contributed by atoms with Crippen molar-refractivity contribution in [3.05, 3.63) is 60.2 Å². The van der Waals surface area contributed by atoms with E-state index in [9.17, 15) is 14.4 Å². The Morgan fingerprint density at radius 2 is 1.70 bits per heavy atom. The van der Waals surface area contributed by atoms with E-state index in [0.29, 0.717) is 30.0 Å². The van der Waals surface area contributed by atoms with E-state index in [-0.39, 0.29) is 18.4 Å². The molecule has 27 heavy (non-hydrogen) atoms. The summed E-state index contributed by atoms with van der Waals surface area (Å²) in [6.45, 7) is 0.559. The quantitative estimate of drug-likeness (QED) is 0.651. The molecule has 1 heterocycles. The largest absolute Gasteiger partial charge is 0.425 e. The zero-order valence-corrected chi connectivity index (χ0v) is 15.0. The molecule has 1 aliphatic heterocycles. The van der Waals surface area contributed by atoms with Crippen molar-refractivity contribution in [2.45, 2.75) is 25.7 Å². The molecule has 140 valence electrons. The molecule has 0 aromatic heterocycles. The maximum absolute atomic E-state index is 12.1. The number of hydrogen-bond donors (Lipinski definition) is 1. The van der Waals surface area contributed by atoms with Gasteiger partial charge in [0.2, 0.25) is 5.91 Å². The highest BCUT2D eigenvalue weighted by Gasteiger charge is 2.20. The number of anilines is 1. The number of rotatable bonds is 5. The van der Waals surface area contributed by atoms with Crippen molar-refractivity contribution >= 4 is 23.5 Å². The number of hydrogen-bond acceptors (Lipinski definition) is 4. The zero-order chi connectivity index (χ0) is 19.1. The Balaban J connectivity index is 1.53. The molecule has 3 rings (SSSR count). The van der Waals surface area contributed by atoms with E-state index in [1.165, 1.54) is 0 Å². The molecular formula is C21H22N2O4. The maximum Gasteiger partial charge on any atom is 0.331 e. The van der Waals surface area contributed by atoms with Crippen LogP contribution in [0.4, 0.5) is 5.69 Å². The van der Waals surface area contributed by atoms with Crippen LogP contribution in [-0.4, -0.2) is 35.8 Å². The van der Waals surface area contributed by atoms with Crippen molar-refractivity contribution in [3.8, 4) is 5.75 Å². The highest BCUT2D eigenvalue weighted by Crippen LogP contribution is 2.17. The monoisotopic (exact) mass is 366 g/mol. The lowest BCUT2D eigenvalue weighted by atomic mass is 10.2. The number of amides is 2. The third-order valence-corrected chi connectivity index (χ3v) is 4.37. The van der Waals surface area contributed by atoms with Gasteiger partial charge in [-0.05, 0) is 49.2 Å². The van der Waals surface area contributed by atoms with Gasteiger partial charge >= 0.3 is 5.97 Å². The molecular weight excluding hydrogens is 344 g/mol. The summed E-state index contributed by atoms with van der Waals surface area (Å²) < 4.78 is 5.31. The van der Waals surface area contributed by atoms with Crippen LogP contribution in [0, 0.1) is 0 Å². The van der Waals surface area contributed by atoms with Gasteiger partial charge in [-0.1, -0.05) is 24.6 Å². The van der Waals surface area contributed by atoms with E-state index in [1.54, 1.807) is 53.4 Å². The SMILES string of the molecule is O=C(CN1CCCCCC1=O)Oc1ccc(NC(=O)c2ccccc2)cc1. The van der Waals surface area contributed by atoms with Gasteiger partial charge in [-0.25, -0.2) is 4.79 Å². The van der Waals surface area contributed by atoms with Gasteiger partial charge in [-0.2, -0.15) is 0 Å². The van der Waals surface area contributed by atoms with Crippen molar-refractivity contribution in [2.24, 2.45) is 0 Å². The summed E-state index contributed by atoms with van der Waals surface area (Å²) in [5, 5.41) is 2.78.